The van der Waals surface area contributed by atoms with Crippen LogP contribution in [0.15, 0.2) is 4.79 Å². The smallest absolute Gasteiger partial charge is 0.259 e. The Morgan fingerprint density at radius 3 is 2.96 bits per heavy atom. The van der Waals surface area contributed by atoms with Crippen LogP contribution in [0.25, 0.3) is 10.2 Å². The summed E-state index contributed by atoms with van der Waals surface area (Å²) in [7, 11) is 0. The number of aryl methyl sites for hydroxylation is 2. The molecule has 1 amide bonds. The van der Waals surface area contributed by atoms with E-state index in [1.165, 1.54) is 11.8 Å². The lowest BCUT2D eigenvalue weighted by molar-refractivity contribution is -0.121. The average molecular weight is 395 g/mol. The number of thiophene rings is 1. The number of aromatic nitrogens is 2. The van der Waals surface area contributed by atoms with Crippen LogP contribution in [0.2, 0.25) is 0 Å². The van der Waals surface area contributed by atoms with Crippen LogP contribution in [0.5, 0.6) is 0 Å². The predicted molar refractivity (Wildman–Crippen MR) is 109 cm³/mol. The van der Waals surface area contributed by atoms with E-state index in [1.807, 2.05) is 20.8 Å². The van der Waals surface area contributed by atoms with Crippen LogP contribution >= 0.6 is 23.1 Å². The highest BCUT2D eigenvalue weighted by atomic mass is 32.2. The third-order valence-corrected chi connectivity index (χ3v) is 7.15. The maximum Gasteiger partial charge on any atom is 0.259 e. The van der Waals surface area contributed by atoms with Crippen LogP contribution < -0.4 is 16.2 Å². The Bertz CT molecular complexity index is 861. The minimum Gasteiger partial charge on any atom is -0.352 e. The fraction of sp³-hybridized carbons (Fsp3) is 0.611. The van der Waals surface area contributed by atoms with Crippen molar-refractivity contribution in [2.24, 2.45) is 0 Å². The number of nitrogens with zero attached hydrogens (tertiary/aromatic N) is 1. The van der Waals surface area contributed by atoms with Crippen molar-refractivity contribution in [3.8, 4) is 0 Å². The molecule has 0 aromatic carbocycles. The van der Waals surface area contributed by atoms with E-state index >= 15 is 0 Å². The highest BCUT2D eigenvalue weighted by molar-refractivity contribution is 7.99. The standard InChI is InChI=1S/C18H26N4O2S2/c1-9-7-13(5-6-19-9)20-16(23)12(4)25-8-14-21-17(24)15-10(2)11(3)26-18(15)22-14/h9,12-13,19H,5-8H2,1-4H3,(H,20,23)(H,21,22,24). The van der Waals surface area contributed by atoms with E-state index in [0.717, 1.165) is 34.7 Å². The average Bonchev–Trinajstić information content (AvgIpc) is 2.87. The molecular formula is C18H26N4O2S2. The molecule has 3 atom stereocenters. The summed E-state index contributed by atoms with van der Waals surface area (Å²) in [5.74, 6) is 1.20. The lowest BCUT2D eigenvalue weighted by Gasteiger charge is -2.29. The Balaban J connectivity index is 1.60. The number of hydrogen-bond acceptors (Lipinski definition) is 6. The van der Waals surface area contributed by atoms with E-state index in [4.69, 9.17) is 0 Å². The van der Waals surface area contributed by atoms with Crippen LogP contribution in [0.3, 0.4) is 0 Å². The first-order valence-electron chi connectivity index (χ1n) is 8.99. The van der Waals surface area contributed by atoms with E-state index in [1.54, 1.807) is 11.3 Å². The Morgan fingerprint density at radius 1 is 1.46 bits per heavy atom. The number of hydrogen-bond donors (Lipinski definition) is 3. The molecule has 0 radical (unpaired) electrons. The quantitative estimate of drug-likeness (QED) is 0.725. The normalized spacial score (nSPS) is 21.7. The number of fused-ring (bicyclic) bond motifs is 1. The first kappa shape index (κ1) is 19.4. The van der Waals surface area contributed by atoms with Crippen LogP contribution in [0.1, 0.15) is 43.0 Å². The van der Waals surface area contributed by atoms with Crippen molar-refractivity contribution in [3.63, 3.8) is 0 Å². The Kier molecular flexibility index (Phi) is 6.04. The fourth-order valence-corrected chi connectivity index (χ4v) is 5.04. The van der Waals surface area contributed by atoms with E-state index in [9.17, 15) is 9.59 Å². The molecule has 1 fully saturated rings. The first-order chi connectivity index (χ1) is 12.3. The summed E-state index contributed by atoms with van der Waals surface area (Å²) in [5, 5.41) is 7.04. The summed E-state index contributed by atoms with van der Waals surface area (Å²) in [5.41, 5.74) is 0.912. The molecule has 3 unspecified atom stereocenters. The van der Waals surface area contributed by atoms with E-state index < -0.39 is 0 Å². The number of rotatable bonds is 5. The van der Waals surface area contributed by atoms with Crippen molar-refractivity contribution < 1.29 is 4.79 Å². The van der Waals surface area contributed by atoms with E-state index in [-0.39, 0.29) is 22.8 Å². The molecule has 0 bridgehead atoms. The summed E-state index contributed by atoms with van der Waals surface area (Å²) in [6.45, 7) is 8.94. The van der Waals surface area contributed by atoms with Gasteiger partial charge in [0.2, 0.25) is 5.91 Å². The molecule has 2 aromatic heterocycles. The van der Waals surface area contributed by atoms with Crippen LogP contribution in [-0.2, 0) is 10.5 Å². The summed E-state index contributed by atoms with van der Waals surface area (Å²) in [6, 6.07) is 0.684. The Morgan fingerprint density at radius 2 is 2.23 bits per heavy atom. The molecule has 8 heteroatoms. The van der Waals surface area contributed by atoms with Crippen LogP contribution in [0, 0.1) is 13.8 Å². The highest BCUT2D eigenvalue weighted by Gasteiger charge is 2.23. The van der Waals surface area contributed by atoms with Gasteiger partial charge in [0.15, 0.2) is 0 Å². The fourth-order valence-electron chi connectivity index (χ4n) is 3.23. The molecule has 142 valence electrons. The Labute approximate surface area is 161 Å². The zero-order valence-corrected chi connectivity index (χ0v) is 17.3. The molecule has 3 heterocycles. The molecular weight excluding hydrogens is 368 g/mol. The molecule has 0 saturated carbocycles. The minimum absolute atomic E-state index is 0.0559. The van der Waals surface area contributed by atoms with Gasteiger partial charge in [0, 0.05) is 17.0 Å². The van der Waals surface area contributed by atoms with Crippen molar-refractivity contribution in [2.75, 3.05) is 6.54 Å². The third-order valence-electron chi connectivity index (χ3n) is 4.90. The van der Waals surface area contributed by atoms with Crippen molar-refractivity contribution in [2.45, 2.75) is 63.6 Å². The number of carbonyl (C=O) groups is 1. The molecule has 1 saturated heterocycles. The molecule has 1 aliphatic rings. The lowest BCUT2D eigenvalue weighted by Crippen LogP contribution is -2.48. The maximum absolute atomic E-state index is 12.4. The van der Waals surface area contributed by atoms with Crippen molar-refractivity contribution >= 4 is 39.2 Å². The van der Waals surface area contributed by atoms with Gasteiger partial charge in [0.1, 0.15) is 10.7 Å². The highest BCUT2D eigenvalue weighted by Crippen LogP contribution is 2.26. The van der Waals surface area contributed by atoms with Gasteiger partial charge in [-0.2, -0.15) is 0 Å². The van der Waals surface area contributed by atoms with Crippen molar-refractivity contribution in [1.29, 1.82) is 0 Å². The number of piperidine rings is 1. The molecule has 3 N–H and O–H groups in total. The number of amides is 1. The number of thioether (sulfide) groups is 1. The maximum atomic E-state index is 12.4. The molecule has 3 rings (SSSR count). The summed E-state index contributed by atoms with van der Waals surface area (Å²) in [4.78, 5) is 34.1. The predicted octanol–water partition coefficient (Wildman–Crippen LogP) is 2.48. The van der Waals surface area contributed by atoms with Crippen molar-refractivity contribution in [1.82, 2.24) is 20.6 Å². The molecule has 0 spiro atoms. The molecule has 26 heavy (non-hydrogen) atoms. The summed E-state index contributed by atoms with van der Waals surface area (Å²) in [6.07, 6.45) is 1.93. The molecule has 6 nitrogen and oxygen atoms in total. The number of aromatic amines is 1. The van der Waals surface area contributed by atoms with Gasteiger partial charge in [-0.1, -0.05) is 0 Å². The molecule has 0 aliphatic carbocycles. The number of H-pyrrole nitrogens is 1. The van der Waals surface area contributed by atoms with Crippen molar-refractivity contribution in [3.05, 3.63) is 26.6 Å². The summed E-state index contributed by atoms with van der Waals surface area (Å²) < 4.78 is 0. The monoisotopic (exact) mass is 394 g/mol. The van der Waals surface area contributed by atoms with E-state index in [0.29, 0.717) is 23.0 Å². The molecule has 2 aromatic rings. The second kappa shape index (κ2) is 8.10. The van der Waals surface area contributed by atoms with Gasteiger partial charge in [0.25, 0.3) is 5.56 Å². The minimum atomic E-state index is -0.187. The van der Waals surface area contributed by atoms with Gasteiger partial charge in [-0.25, -0.2) is 4.98 Å². The number of carbonyl (C=O) groups excluding carboxylic acids is 1. The second-order valence-electron chi connectivity index (χ2n) is 7.01. The zero-order valence-electron chi connectivity index (χ0n) is 15.6. The largest absolute Gasteiger partial charge is 0.352 e. The topological polar surface area (TPSA) is 86.9 Å². The SMILES string of the molecule is Cc1sc2nc(CSC(C)C(=O)NC3CCNC(C)C3)[nH]c(=O)c2c1C. The van der Waals surface area contributed by atoms with Gasteiger partial charge in [0.05, 0.1) is 16.4 Å². The lowest BCUT2D eigenvalue weighted by atomic mass is 10.0. The zero-order chi connectivity index (χ0) is 18.8. The van der Waals surface area contributed by atoms with Gasteiger partial charge in [-0.3, -0.25) is 9.59 Å². The van der Waals surface area contributed by atoms with Gasteiger partial charge in [-0.05, 0) is 52.6 Å². The first-order valence-corrected chi connectivity index (χ1v) is 10.9. The van der Waals surface area contributed by atoms with Crippen LogP contribution in [-0.4, -0.2) is 39.8 Å². The van der Waals surface area contributed by atoms with Gasteiger partial charge in [-0.15, -0.1) is 23.1 Å². The third kappa shape index (κ3) is 4.29. The summed E-state index contributed by atoms with van der Waals surface area (Å²) >= 11 is 3.05. The second-order valence-corrected chi connectivity index (χ2v) is 9.55. The molecule has 1 aliphatic heterocycles. The van der Waals surface area contributed by atoms with Gasteiger partial charge < -0.3 is 15.6 Å². The number of nitrogens with one attached hydrogen (secondary N) is 3. The Hall–Kier alpha value is -1.38. The van der Waals surface area contributed by atoms with Gasteiger partial charge >= 0.3 is 0 Å². The van der Waals surface area contributed by atoms with E-state index in [2.05, 4.69) is 27.5 Å². The van der Waals surface area contributed by atoms with Crippen LogP contribution in [0.4, 0.5) is 0 Å².